The topological polar surface area (TPSA) is 69.6 Å². The number of carboxylic acids is 1. The van der Waals surface area contributed by atoms with Gasteiger partial charge in [-0.3, -0.25) is 4.79 Å². The van der Waals surface area contributed by atoms with Crippen LogP contribution in [-0.2, 0) is 4.79 Å². The summed E-state index contributed by atoms with van der Waals surface area (Å²) < 4.78 is 0. The molecule has 104 valence electrons. The van der Waals surface area contributed by atoms with Gasteiger partial charge in [0.2, 0.25) is 0 Å². The van der Waals surface area contributed by atoms with Gasteiger partial charge in [-0.2, -0.15) is 0 Å². The van der Waals surface area contributed by atoms with E-state index in [1.165, 1.54) is 0 Å². The Labute approximate surface area is 109 Å². The molecule has 1 fully saturated rings. The Morgan fingerprint density at radius 2 is 1.89 bits per heavy atom. The van der Waals surface area contributed by atoms with Crippen molar-refractivity contribution in [3.05, 3.63) is 0 Å². The van der Waals surface area contributed by atoms with Crippen molar-refractivity contribution in [2.45, 2.75) is 39.5 Å². The molecule has 0 aromatic carbocycles. The van der Waals surface area contributed by atoms with Crippen LogP contribution in [0.1, 0.15) is 39.5 Å². The summed E-state index contributed by atoms with van der Waals surface area (Å²) in [5.41, 5.74) is 0. The number of carbonyl (C=O) groups is 2. The average molecular weight is 256 g/mol. The van der Waals surface area contributed by atoms with Gasteiger partial charge < -0.3 is 15.3 Å². The van der Waals surface area contributed by atoms with E-state index in [1.807, 2.05) is 0 Å². The summed E-state index contributed by atoms with van der Waals surface area (Å²) in [6.45, 7) is 6.23. The third-order valence-corrected chi connectivity index (χ3v) is 3.20. The van der Waals surface area contributed by atoms with E-state index in [2.05, 4.69) is 19.2 Å². The summed E-state index contributed by atoms with van der Waals surface area (Å²) in [7, 11) is 0. The molecule has 1 saturated heterocycles. The van der Waals surface area contributed by atoms with Gasteiger partial charge in [-0.05, 0) is 31.1 Å². The number of nitrogens with one attached hydrogen (secondary N) is 1. The number of amides is 2. The van der Waals surface area contributed by atoms with Crippen LogP contribution < -0.4 is 5.32 Å². The molecule has 1 heterocycles. The molecule has 2 amide bonds. The van der Waals surface area contributed by atoms with Gasteiger partial charge in [0.15, 0.2) is 0 Å². The van der Waals surface area contributed by atoms with Crippen molar-refractivity contribution in [1.29, 1.82) is 0 Å². The van der Waals surface area contributed by atoms with E-state index < -0.39 is 5.97 Å². The number of urea groups is 1. The molecule has 0 aromatic rings. The van der Waals surface area contributed by atoms with Gasteiger partial charge in [-0.1, -0.05) is 13.8 Å². The Morgan fingerprint density at radius 3 is 2.39 bits per heavy atom. The highest BCUT2D eigenvalue weighted by molar-refractivity contribution is 5.74. The van der Waals surface area contributed by atoms with Crippen molar-refractivity contribution in [2.24, 2.45) is 11.8 Å². The van der Waals surface area contributed by atoms with Crippen LogP contribution in [0, 0.1) is 11.8 Å². The van der Waals surface area contributed by atoms with E-state index in [-0.39, 0.29) is 18.4 Å². The molecule has 0 bridgehead atoms. The van der Waals surface area contributed by atoms with E-state index in [9.17, 15) is 9.59 Å². The minimum atomic E-state index is -0.795. The van der Waals surface area contributed by atoms with Gasteiger partial charge in [0, 0.05) is 26.1 Å². The molecular weight excluding hydrogens is 232 g/mol. The van der Waals surface area contributed by atoms with Gasteiger partial charge in [0.05, 0.1) is 0 Å². The second kappa shape index (κ2) is 7.24. The lowest BCUT2D eigenvalue weighted by Crippen LogP contribution is -2.40. The second-order valence-corrected chi connectivity index (χ2v) is 5.47. The van der Waals surface area contributed by atoms with Crippen LogP contribution >= 0.6 is 0 Å². The highest BCUT2D eigenvalue weighted by Gasteiger charge is 2.20. The van der Waals surface area contributed by atoms with Crippen molar-refractivity contribution in [3.63, 3.8) is 0 Å². The molecule has 1 aliphatic heterocycles. The van der Waals surface area contributed by atoms with Gasteiger partial charge in [-0.25, -0.2) is 4.79 Å². The number of hydrogen-bond donors (Lipinski definition) is 2. The highest BCUT2D eigenvalue weighted by Crippen LogP contribution is 2.15. The Hall–Kier alpha value is -1.26. The summed E-state index contributed by atoms with van der Waals surface area (Å²) in [5.74, 6) is -0.330. The maximum absolute atomic E-state index is 11.8. The molecule has 5 nitrogen and oxygen atoms in total. The third kappa shape index (κ3) is 5.38. The van der Waals surface area contributed by atoms with Crippen molar-refractivity contribution in [1.82, 2.24) is 10.2 Å². The summed E-state index contributed by atoms with van der Waals surface area (Å²) in [5, 5.41) is 11.7. The molecular formula is C13H24N2O3. The molecule has 0 spiro atoms. The zero-order chi connectivity index (χ0) is 13.5. The monoisotopic (exact) mass is 256 g/mol. The standard InChI is InChI=1S/C13H24N2O3/c1-10(2)7-11(8-12(16)17)9-14-13(18)15-5-3-4-6-15/h10-11H,3-9H2,1-2H3,(H,14,18)(H,16,17). The zero-order valence-corrected chi connectivity index (χ0v) is 11.3. The summed E-state index contributed by atoms with van der Waals surface area (Å²) in [6.07, 6.45) is 3.08. The molecule has 0 aliphatic carbocycles. The largest absolute Gasteiger partial charge is 0.481 e. The van der Waals surface area contributed by atoms with Crippen LogP contribution in [0.5, 0.6) is 0 Å². The summed E-state index contributed by atoms with van der Waals surface area (Å²) in [6, 6.07) is -0.0494. The maximum Gasteiger partial charge on any atom is 0.317 e. The van der Waals surface area contributed by atoms with E-state index in [1.54, 1.807) is 4.90 Å². The number of hydrogen-bond acceptors (Lipinski definition) is 2. The van der Waals surface area contributed by atoms with Gasteiger partial charge in [0.1, 0.15) is 0 Å². The van der Waals surface area contributed by atoms with Crippen molar-refractivity contribution < 1.29 is 14.7 Å². The Kier molecular flexibility index (Phi) is 5.95. The zero-order valence-electron chi connectivity index (χ0n) is 11.3. The van der Waals surface area contributed by atoms with Crippen LogP contribution in [0.4, 0.5) is 4.79 Å². The van der Waals surface area contributed by atoms with Crippen LogP contribution in [0.2, 0.25) is 0 Å². The smallest absolute Gasteiger partial charge is 0.317 e. The molecule has 18 heavy (non-hydrogen) atoms. The van der Waals surface area contributed by atoms with Crippen LogP contribution in [0.3, 0.4) is 0 Å². The first-order valence-corrected chi connectivity index (χ1v) is 6.73. The molecule has 1 aliphatic rings. The Morgan fingerprint density at radius 1 is 1.28 bits per heavy atom. The van der Waals surface area contributed by atoms with Crippen molar-refractivity contribution >= 4 is 12.0 Å². The first kappa shape index (κ1) is 14.8. The number of rotatable bonds is 6. The van der Waals surface area contributed by atoms with E-state index in [0.717, 1.165) is 32.4 Å². The van der Waals surface area contributed by atoms with Crippen molar-refractivity contribution in [2.75, 3.05) is 19.6 Å². The van der Waals surface area contributed by atoms with Gasteiger partial charge in [-0.15, -0.1) is 0 Å². The first-order chi connectivity index (χ1) is 8.49. The number of carbonyl (C=O) groups excluding carboxylic acids is 1. The van der Waals surface area contributed by atoms with Crippen molar-refractivity contribution in [3.8, 4) is 0 Å². The normalized spacial score (nSPS) is 16.9. The third-order valence-electron chi connectivity index (χ3n) is 3.20. The molecule has 2 N–H and O–H groups in total. The summed E-state index contributed by atoms with van der Waals surface area (Å²) in [4.78, 5) is 24.4. The fourth-order valence-electron chi connectivity index (χ4n) is 2.42. The quantitative estimate of drug-likeness (QED) is 0.763. The van der Waals surface area contributed by atoms with E-state index in [0.29, 0.717) is 12.5 Å². The second-order valence-electron chi connectivity index (χ2n) is 5.47. The molecule has 1 atom stereocenters. The first-order valence-electron chi connectivity index (χ1n) is 6.73. The molecule has 0 aromatic heterocycles. The number of aliphatic carboxylic acids is 1. The number of likely N-dealkylation sites (tertiary alicyclic amines) is 1. The predicted octanol–water partition coefficient (Wildman–Crippen LogP) is 1.93. The van der Waals surface area contributed by atoms with E-state index in [4.69, 9.17) is 5.11 Å². The molecule has 1 rings (SSSR count). The molecule has 1 unspecified atom stereocenters. The van der Waals surface area contributed by atoms with Crippen LogP contribution in [0.25, 0.3) is 0 Å². The Bertz CT molecular complexity index is 286. The average Bonchev–Trinajstić information content (AvgIpc) is 2.77. The maximum atomic E-state index is 11.8. The number of nitrogens with zero attached hydrogens (tertiary/aromatic N) is 1. The summed E-state index contributed by atoms with van der Waals surface area (Å²) >= 11 is 0. The van der Waals surface area contributed by atoms with Gasteiger partial charge in [0.25, 0.3) is 0 Å². The Balaban J connectivity index is 2.35. The molecule has 0 radical (unpaired) electrons. The predicted molar refractivity (Wildman–Crippen MR) is 69.4 cm³/mol. The lowest BCUT2D eigenvalue weighted by molar-refractivity contribution is -0.138. The van der Waals surface area contributed by atoms with Crippen LogP contribution in [-0.4, -0.2) is 41.6 Å². The highest BCUT2D eigenvalue weighted by atomic mass is 16.4. The van der Waals surface area contributed by atoms with Gasteiger partial charge >= 0.3 is 12.0 Å². The molecule has 0 saturated carbocycles. The lowest BCUT2D eigenvalue weighted by Gasteiger charge is -2.21. The fourth-order valence-corrected chi connectivity index (χ4v) is 2.42. The lowest BCUT2D eigenvalue weighted by atomic mass is 9.94. The van der Waals surface area contributed by atoms with E-state index >= 15 is 0 Å². The number of carboxylic acid groups (broad SMARTS) is 1. The fraction of sp³-hybridized carbons (Fsp3) is 0.846. The molecule has 5 heteroatoms. The minimum Gasteiger partial charge on any atom is -0.481 e. The SMILES string of the molecule is CC(C)CC(CNC(=O)N1CCCC1)CC(=O)O. The minimum absolute atomic E-state index is 0.0223. The van der Waals surface area contributed by atoms with Crippen LogP contribution in [0.15, 0.2) is 0 Å².